The topological polar surface area (TPSA) is 56.0 Å². The summed E-state index contributed by atoms with van der Waals surface area (Å²) in [6, 6.07) is 5.11. The molecule has 2 aliphatic heterocycles. The maximum atomic E-state index is 5.71. The van der Waals surface area contributed by atoms with E-state index in [4.69, 9.17) is 4.42 Å². The van der Waals surface area contributed by atoms with Crippen molar-refractivity contribution < 1.29 is 4.42 Å². The van der Waals surface area contributed by atoms with Gasteiger partial charge in [0.1, 0.15) is 5.76 Å². The molecule has 0 saturated carbocycles. The fraction of sp³-hybridized carbons (Fsp3) is 0.773. The number of furan rings is 1. The average molecular weight is 518 g/mol. The van der Waals surface area contributed by atoms with Crippen LogP contribution in [0, 0.1) is 0 Å². The maximum Gasteiger partial charge on any atom is 0.191 e. The Kier molecular flexibility index (Phi) is 11.4. The fourth-order valence-electron chi connectivity index (χ4n) is 4.49. The molecule has 166 valence electrons. The second kappa shape index (κ2) is 13.5. The molecule has 3 heterocycles. The molecule has 2 unspecified atom stereocenters. The number of guanidine groups is 1. The number of nitrogens with zero attached hydrogens (tertiary/aromatic N) is 3. The summed E-state index contributed by atoms with van der Waals surface area (Å²) in [7, 11) is 1.85. The first-order valence-electron chi connectivity index (χ1n) is 11.2. The van der Waals surface area contributed by atoms with Crippen LogP contribution < -0.4 is 10.6 Å². The number of aliphatic imine (C=N–C) groups is 1. The van der Waals surface area contributed by atoms with Crippen molar-refractivity contribution in [2.45, 2.75) is 64.0 Å². The highest BCUT2D eigenvalue weighted by molar-refractivity contribution is 14.0. The molecule has 3 rings (SSSR count). The Labute approximate surface area is 193 Å². The molecule has 2 atom stereocenters. The zero-order chi connectivity index (χ0) is 19.6. The Bertz CT molecular complexity index is 574. The largest absolute Gasteiger partial charge is 0.468 e. The summed E-state index contributed by atoms with van der Waals surface area (Å²) < 4.78 is 5.71. The van der Waals surface area contributed by atoms with Crippen LogP contribution in [0.15, 0.2) is 27.8 Å². The number of nitrogens with one attached hydrogen (secondary N) is 2. The highest BCUT2D eigenvalue weighted by Crippen LogP contribution is 2.24. The normalized spacial score (nSPS) is 22.3. The lowest BCUT2D eigenvalue weighted by Gasteiger charge is -2.33. The van der Waals surface area contributed by atoms with E-state index in [1.54, 1.807) is 6.26 Å². The Balaban J connectivity index is 0.00000300. The SMILES string of the molecule is CN=C(NCCCCN1CCCCC1C)NCC(c1ccco1)N1CCCC1.I. The number of likely N-dealkylation sites (tertiary alicyclic amines) is 2. The third kappa shape index (κ3) is 7.75. The van der Waals surface area contributed by atoms with Gasteiger partial charge in [-0.05, 0) is 83.8 Å². The van der Waals surface area contributed by atoms with Gasteiger partial charge in [-0.3, -0.25) is 9.89 Å². The number of hydrogen-bond donors (Lipinski definition) is 2. The molecule has 7 heteroatoms. The highest BCUT2D eigenvalue weighted by atomic mass is 127. The van der Waals surface area contributed by atoms with Gasteiger partial charge in [-0.1, -0.05) is 6.42 Å². The van der Waals surface area contributed by atoms with E-state index in [2.05, 4.69) is 38.4 Å². The van der Waals surface area contributed by atoms with Gasteiger partial charge >= 0.3 is 0 Å². The summed E-state index contributed by atoms with van der Waals surface area (Å²) in [5, 5.41) is 6.99. The molecule has 1 aromatic heterocycles. The first-order chi connectivity index (χ1) is 13.8. The summed E-state index contributed by atoms with van der Waals surface area (Å²) >= 11 is 0. The van der Waals surface area contributed by atoms with Gasteiger partial charge in [0, 0.05) is 26.2 Å². The van der Waals surface area contributed by atoms with E-state index >= 15 is 0 Å². The second-order valence-electron chi connectivity index (χ2n) is 8.24. The Hall–Kier alpha value is -0.800. The van der Waals surface area contributed by atoms with Crippen molar-refractivity contribution >= 4 is 29.9 Å². The summed E-state index contributed by atoms with van der Waals surface area (Å²) in [5.74, 6) is 1.93. The molecule has 2 fully saturated rings. The van der Waals surface area contributed by atoms with Gasteiger partial charge in [-0.25, -0.2) is 0 Å². The molecular weight excluding hydrogens is 477 g/mol. The molecule has 0 bridgehead atoms. The van der Waals surface area contributed by atoms with Crippen molar-refractivity contribution in [2.24, 2.45) is 4.99 Å². The van der Waals surface area contributed by atoms with Crippen LogP contribution in [-0.4, -0.2) is 68.1 Å². The number of halogens is 1. The van der Waals surface area contributed by atoms with E-state index < -0.39 is 0 Å². The van der Waals surface area contributed by atoms with E-state index in [1.807, 2.05) is 13.1 Å². The summed E-state index contributed by atoms with van der Waals surface area (Å²) in [5.41, 5.74) is 0. The van der Waals surface area contributed by atoms with E-state index in [9.17, 15) is 0 Å². The lowest BCUT2D eigenvalue weighted by molar-refractivity contribution is 0.158. The van der Waals surface area contributed by atoms with Crippen LogP contribution in [0.4, 0.5) is 0 Å². The zero-order valence-corrected chi connectivity index (χ0v) is 20.6. The Morgan fingerprint density at radius 2 is 1.97 bits per heavy atom. The first-order valence-corrected chi connectivity index (χ1v) is 11.2. The zero-order valence-electron chi connectivity index (χ0n) is 18.2. The van der Waals surface area contributed by atoms with Crippen LogP contribution >= 0.6 is 24.0 Å². The van der Waals surface area contributed by atoms with Gasteiger partial charge in [0.2, 0.25) is 0 Å². The molecule has 0 aromatic carbocycles. The van der Waals surface area contributed by atoms with Gasteiger partial charge < -0.3 is 20.0 Å². The number of hydrogen-bond acceptors (Lipinski definition) is 4. The highest BCUT2D eigenvalue weighted by Gasteiger charge is 2.25. The van der Waals surface area contributed by atoms with Crippen LogP contribution in [-0.2, 0) is 0 Å². The van der Waals surface area contributed by atoms with Crippen molar-refractivity contribution in [3.63, 3.8) is 0 Å². The minimum atomic E-state index is 0. The summed E-state index contributed by atoms with van der Waals surface area (Å²) in [6.07, 6.45) is 10.9. The molecule has 0 radical (unpaired) electrons. The molecule has 0 aliphatic carbocycles. The quantitative estimate of drug-likeness (QED) is 0.226. The predicted molar refractivity (Wildman–Crippen MR) is 131 cm³/mol. The number of unbranched alkanes of at least 4 members (excludes halogenated alkanes) is 1. The summed E-state index contributed by atoms with van der Waals surface area (Å²) in [6.45, 7) is 8.96. The monoisotopic (exact) mass is 517 g/mol. The molecule has 2 aliphatic rings. The molecule has 2 saturated heterocycles. The fourth-order valence-corrected chi connectivity index (χ4v) is 4.49. The van der Waals surface area contributed by atoms with Crippen LogP contribution in [0.3, 0.4) is 0 Å². The molecule has 0 amide bonds. The predicted octanol–water partition coefficient (Wildman–Crippen LogP) is 3.85. The van der Waals surface area contributed by atoms with E-state index in [0.29, 0.717) is 0 Å². The van der Waals surface area contributed by atoms with E-state index in [-0.39, 0.29) is 30.0 Å². The third-order valence-electron chi connectivity index (χ3n) is 6.24. The van der Waals surface area contributed by atoms with E-state index in [0.717, 1.165) is 43.9 Å². The van der Waals surface area contributed by atoms with Gasteiger partial charge in [-0.15, -0.1) is 24.0 Å². The molecule has 6 nitrogen and oxygen atoms in total. The second-order valence-corrected chi connectivity index (χ2v) is 8.24. The Morgan fingerprint density at radius 3 is 2.66 bits per heavy atom. The lowest BCUT2D eigenvalue weighted by Crippen LogP contribution is -2.43. The van der Waals surface area contributed by atoms with Gasteiger partial charge in [0.15, 0.2) is 5.96 Å². The van der Waals surface area contributed by atoms with Gasteiger partial charge in [-0.2, -0.15) is 0 Å². The van der Waals surface area contributed by atoms with Crippen LogP contribution in [0.2, 0.25) is 0 Å². The van der Waals surface area contributed by atoms with Crippen molar-refractivity contribution in [1.82, 2.24) is 20.4 Å². The molecule has 0 spiro atoms. The first kappa shape index (κ1) is 24.5. The maximum absolute atomic E-state index is 5.71. The van der Waals surface area contributed by atoms with Crippen LogP contribution in [0.5, 0.6) is 0 Å². The Morgan fingerprint density at radius 1 is 1.17 bits per heavy atom. The van der Waals surface area contributed by atoms with Gasteiger partial charge in [0.25, 0.3) is 0 Å². The number of piperidine rings is 1. The smallest absolute Gasteiger partial charge is 0.191 e. The molecule has 29 heavy (non-hydrogen) atoms. The minimum Gasteiger partial charge on any atom is -0.468 e. The number of rotatable bonds is 9. The van der Waals surface area contributed by atoms with E-state index in [1.165, 1.54) is 58.0 Å². The molecular formula is C22H40IN5O. The van der Waals surface area contributed by atoms with Crippen molar-refractivity contribution in [1.29, 1.82) is 0 Å². The van der Waals surface area contributed by atoms with Gasteiger partial charge in [0.05, 0.1) is 12.3 Å². The van der Waals surface area contributed by atoms with Crippen molar-refractivity contribution in [3.8, 4) is 0 Å². The standard InChI is InChI=1S/C22H39N5O.HI/c1-19-10-3-5-13-26(19)14-6-4-12-24-22(23-2)25-18-20(21-11-9-17-28-21)27-15-7-8-16-27;/h9,11,17,19-20H,3-8,10,12-16,18H2,1-2H3,(H2,23,24,25);1H. The third-order valence-corrected chi connectivity index (χ3v) is 6.24. The van der Waals surface area contributed by atoms with Crippen LogP contribution in [0.1, 0.15) is 63.7 Å². The lowest BCUT2D eigenvalue weighted by atomic mass is 10.0. The van der Waals surface area contributed by atoms with Crippen molar-refractivity contribution in [3.05, 3.63) is 24.2 Å². The molecule has 1 aromatic rings. The van der Waals surface area contributed by atoms with Crippen LogP contribution in [0.25, 0.3) is 0 Å². The average Bonchev–Trinajstić information content (AvgIpc) is 3.42. The van der Waals surface area contributed by atoms with Crippen molar-refractivity contribution in [2.75, 3.05) is 46.3 Å². The minimum absolute atomic E-state index is 0. The molecule has 2 N–H and O–H groups in total. The summed E-state index contributed by atoms with van der Waals surface area (Å²) in [4.78, 5) is 9.57.